The number of hydrogen-bond acceptors (Lipinski definition) is 3. The lowest BCUT2D eigenvalue weighted by Gasteiger charge is -2.21. The van der Waals surface area contributed by atoms with Gasteiger partial charge in [-0.1, -0.05) is 24.8 Å². The fraction of sp³-hybridized carbons (Fsp3) is 0.529. The number of rotatable bonds is 7. The van der Waals surface area contributed by atoms with Crippen LogP contribution in [-0.2, 0) is 0 Å². The van der Waals surface area contributed by atoms with Gasteiger partial charge in [0.2, 0.25) is 0 Å². The van der Waals surface area contributed by atoms with Crippen LogP contribution < -0.4 is 10.5 Å². The van der Waals surface area contributed by atoms with E-state index in [-0.39, 0.29) is 0 Å². The Morgan fingerprint density at radius 2 is 2.20 bits per heavy atom. The summed E-state index contributed by atoms with van der Waals surface area (Å²) in [5.41, 5.74) is 6.34. The van der Waals surface area contributed by atoms with Gasteiger partial charge in [-0.2, -0.15) is 0 Å². The molecule has 3 nitrogen and oxygen atoms in total. The van der Waals surface area contributed by atoms with Crippen molar-refractivity contribution in [2.45, 2.75) is 32.2 Å². The largest absolute Gasteiger partial charge is 0.492 e. The van der Waals surface area contributed by atoms with Crippen LogP contribution in [0.4, 0.5) is 0 Å². The maximum atomic E-state index is 5.84. The van der Waals surface area contributed by atoms with Gasteiger partial charge in [-0.3, -0.25) is 4.90 Å². The first kappa shape index (κ1) is 14.9. The van der Waals surface area contributed by atoms with Crippen LogP contribution in [0.25, 0.3) is 0 Å². The Hall–Kier alpha value is -1.50. The van der Waals surface area contributed by atoms with Crippen molar-refractivity contribution in [2.24, 2.45) is 5.73 Å². The van der Waals surface area contributed by atoms with E-state index >= 15 is 0 Å². The highest BCUT2D eigenvalue weighted by atomic mass is 16.5. The zero-order chi connectivity index (χ0) is 14.2. The van der Waals surface area contributed by atoms with Gasteiger partial charge in [0.15, 0.2) is 0 Å². The second-order valence-electron chi connectivity index (χ2n) is 5.15. The van der Waals surface area contributed by atoms with E-state index in [1.807, 2.05) is 24.3 Å². The fourth-order valence-corrected chi connectivity index (χ4v) is 2.30. The molecular formula is C17H24N2O. The molecule has 1 aromatic carbocycles. The van der Waals surface area contributed by atoms with Gasteiger partial charge in [0.1, 0.15) is 12.4 Å². The molecule has 3 heteroatoms. The molecule has 1 fully saturated rings. The van der Waals surface area contributed by atoms with Gasteiger partial charge in [0.25, 0.3) is 0 Å². The summed E-state index contributed by atoms with van der Waals surface area (Å²) >= 11 is 0. The van der Waals surface area contributed by atoms with E-state index in [9.17, 15) is 0 Å². The topological polar surface area (TPSA) is 38.5 Å². The predicted molar refractivity (Wildman–Crippen MR) is 82.8 cm³/mol. The van der Waals surface area contributed by atoms with E-state index in [0.717, 1.165) is 30.5 Å². The van der Waals surface area contributed by atoms with Crippen molar-refractivity contribution in [3.8, 4) is 17.6 Å². The van der Waals surface area contributed by atoms with E-state index in [2.05, 4.69) is 23.7 Å². The molecule has 1 aliphatic rings. The van der Waals surface area contributed by atoms with Crippen molar-refractivity contribution in [3.63, 3.8) is 0 Å². The normalized spacial score (nSPS) is 13.9. The molecule has 0 spiro atoms. The monoisotopic (exact) mass is 272 g/mol. The first-order valence-electron chi connectivity index (χ1n) is 7.49. The lowest BCUT2D eigenvalue weighted by atomic mass is 10.2. The molecule has 2 N–H and O–H groups in total. The molecule has 0 radical (unpaired) electrons. The highest BCUT2D eigenvalue weighted by molar-refractivity contribution is 5.39. The van der Waals surface area contributed by atoms with Crippen molar-refractivity contribution in [1.29, 1.82) is 0 Å². The van der Waals surface area contributed by atoms with Crippen LogP contribution in [0, 0.1) is 11.8 Å². The molecule has 0 aromatic heterocycles. The molecule has 0 atom stereocenters. The Labute approximate surface area is 122 Å². The maximum absolute atomic E-state index is 5.84. The third-order valence-electron chi connectivity index (χ3n) is 3.39. The number of nitrogens with two attached hydrogens (primary N) is 1. The second-order valence-corrected chi connectivity index (χ2v) is 5.15. The number of ether oxygens (including phenoxy) is 1. The summed E-state index contributed by atoms with van der Waals surface area (Å²) in [6.07, 6.45) is 3.91. The van der Waals surface area contributed by atoms with E-state index < -0.39 is 0 Å². The minimum Gasteiger partial charge on any atom is -0.492 e. The van der Waals surface area contributed by atoms with Gasteiger partial charge in [-0.15, -0.1) is 0 Å². The van der Waals surface area contributed by atoms with Crippen molar-refractivity contribution in [3.05, 3.63) is 29.8 Å². The number of nitrogens with zero attached hydrogens (tertiary/aromatic N) is 1. The molecule has 0 aliphatic heterocycles. The molecule has 0 unspecified atom stereocenters. The first-order chi connectivity index (χ1) is 9.83. The summed E-state index contributed by atoms with van der Waals surface area (Å²) in [6, 6.07) is 8.71. The van der Waals surface area contributed by atoms with E-state index in [0.29, 0.717) is 6.54 Å². The molecule has 0 bridgehead atoms. The molecule has 1 aliphatic carbocycles. The predicted octanol–water partition coefficient (Wildman–Crippen LogP) is 2.25. The van der Waals surface area contributed by atoms with E-state index in [1.165, 1.54) is 25.8 Å². The average molecular weight is 272 g/mol. The molecule has 1 saturated carbocycles. The molecule has 1 aromatic rings. The molecule has 0 saturated heterocycles. The van der Waals surface area contributed by atoms with Crippen LogP contribution in [0.15, 0.2) is 24.3 Å². The molecule has 2 rings (SSSR count). The lowest BCUT2D eigenvalue weighted by molar-refractivity contribution is 0.202. The second kappa shape index (κ2) is 7.94. The third-order valence-corrected chi connectivity index (χ3v) is 3.39. The van der Waals surface area contributed by atoms with Crippen LogP contribution >= 0.6 is 0 Å². The quantitative estimate of drug-likeness (QED) is 0.774. The van der Waals surface area contributed by atoms with Gasteiger partial charge in [-0.05, 0) is 44.0 Å². The van der Waals surface area contributed by atoms with Crippen molar-refractivity contribution in [2.75, 3.05) is 26.2 Å². The Morgan fingerprint density at radius 3 is 2.90 bits per heavy atom. The summed E-state index contributed by atoms with van der Waals surface area (Å²) in [5.74, 6) is 6.78. The smallest absolute Gasteiger partial charge is 0.120 e. The standard InChI is InChI=1S/C17H24N2O/c1-2-11-19(16-8-9-16)12-13-20-17-7-3-5-15(14-17)6-4-10-18/h3,5,7,14,16H,2,8-13,18H2,1H3. The molecule has 0 heterocycles. The molecular weight excluding hydrogens is 248 g/mol. The zero-order valence-electron chi connectivity index (χ0n) is 12.3. The highest BCUT2D eigenvalue weighted by Gasteiger charge is 2.27. The van der Waals surface area contributed by atoms with Crippen LogP contribution in [0.3, 0.4) is 0 Å². The van der Waals surface area contributed by atoms with E-state index in [4.69, 9.17) is 10.5 Å². The summed E-state index contributed by atoms with van der Waals surface area (Å²) < 4.78 is 5.84. The van der Waals surface area contributed by atoms with Gasteiger partial charge in [0, 0.05) is 18.2 Å². The van der Waals surface area contributed by atoms with Crippen molar-refractivity contribution < 1.29 is 4.74 Å². The molecule has 0 amide bonds. The van der Waals surface area contributed by atoms with Crippen LogP contribution in [0.1, 0.15) is 31.7 Å². The maximum Gasteiger partial charge on any atom is 0.120 e. The average Bonchev–Trinajstić information content (AvgIpc) is 3.29. The Balaban J connectivity index is 1.81. The van der Waals surface area contributed by atoms with Crippen LogP contribution in [-0.4, -0.2) is 37.2 Å². The highest BCUT2D eigenvalue weighted by Crippen LogP contribution is 2.26. The Kier molecular flexibility index (Phi) is 5.91. The fourth-order valence-electron chi connectivity index (χ4n) is 2.30. The number of hydrogen-bond donors (Lipinski definition) is 1. The van der Waals surface area contributed by atoms with Gasteiger partial charge in [-0.25, -0.2) is 0 Å². The van der Waals surface area contributed by atoms with E-state index in [1.54, 1.807) is 0 Å². The van der Waals surface area contributed by atoms with Crippen molar-refractivity contribution >= 4 is 0 Å². The number of benzene rings is 1. The van der Waals surface area contributed by atoms with Gasteiger partial charge >= 0.3 is 0 Å². The van der Waals surface area contributed by atoms with Crippen LogP contribution in [0.2, 0.25) is 0 Å². The molecule has 108 valence electrons. The zero-order valence-corrected chi connectivity index (χ0v) is 12.3. The SMILES string of the molecule is CCCN(CCOc1cccc(C#CCN)c1)C1CC1. The van der Waals surface area contributed by atoms with Crippen LogP contribution in [0.5, 0.6) is 5.75 Å². The van der Waals surface area contributed by atoms with Gasteiger partial charge in [0.05, 0.1) is 6.54 Å². The Bertz CT molecular complexity index is 471. The minimum atomic E-state index is 0.387. The van der Waals surface area contributed by atoms with Crippen molar-refractivity contribution in [1.82, 2.24) is 4.90 Å². The Morgan fingerprint density at radius 1 is 1.35 bits per heavy atom. The minimum absolute atomic E-state index is 0.387. The summed E-state index contributed by atoms with van der Waals surface area (Å²) in [6.45, 7) is 5.55. The third kappa shape index (κ3) is 4.88. The molecule has 20 heavy (non-hydrogen) atoms. The summed E-state index contributed by atoms with van der Waals surface area (Å²) in [5, 5.41) is 0. The van der Waals surface area contributed by atoms with Gasteiger partial charge < -0.3 is 10.5 Å². The summed E-state index contributed by atoms with van der Waals surface area (Å²) in [4.78, 5) is 2.54. The lowest BCUT2D eigenvalue weighted by Crippen LogP contribution is -2.31. The summed E-state index contributed by atoms with van der Waals surface area (Å²) in [7, 11) is 0. The first-order valence-corrected chi connectivity index (χ1v) is 7.49.